The largest absolute Gasteiger partial charge is 0.506 e. The summed E-state index contributed by atoms with van der Waals surface area (Å²) in [5, 5.41) is 22.9. The number of halogens is 2. The number of aliphatic hydroxyl groups excluding tert-OH is 1. The maximum absolute atomic E-state index is 9.78. The van der Waals surface area contributed by atoms with Crippen LogP contribution < -0.4 is 5.32 Å². The Morgan fingerprint density at radius 2 is 1.95 bits per heavy atom. The van der Waals surface area contributed by atoms with Crippen LogP contribution in [-0.2, 0) is 6.54 Å². The first-order valence-electron chi connectivity index (χ1n) is 6.34. The van der Waals surface area contributed by atoms with Gasteiger partial charge in [0.1, 0.15) is 5.75 Å². The van der Waals surface area contributed by atoms with Crippen LogP contribution in [0.15, 0.2) is 12.1 Å². The molecule has 3 nitrogen and oxygen atoms in total. The van der Waals surface area contributed by atoms with Crippen LogP contribution in [0.4, 0.5) is 0 Å². The lowest BCUT2D eigenvalue weighted by molar-refractivity contribution is 0.148. The topological polar surface area (TPSA) is 52.5 Å². The summed E-state index contributed by atoms with van der Waals surface area (Å²) < 4.78 is 0. The first-order chi connectivity index (χ1) is 8.85. The monoisotopic (exact) mass is 305 g/mol. The number of aromatic hydroxyl groups is 1. The lowest BCUT2D eigenvalue weighted by Crippen LogP contribution is -2.21. The van der Waals surface area contributed by atoms with Gasteiger partial charge in [-0.2, -0.15) is 0 Å². The van der Waals surface area contributed by atoms with E-state index in [2.05, 4.69) is 5.32 Å². The van der Waals surface area contributed by atoms with Crippen molar-refractivity contribution in [2.24, 2.45) is 5.41 Å². The second-order valence-corrected chi connectivity index (χ2v) is 6.34. The minimum Gasteiger partial charge on any atom is -0.506 e. The zero-order valence-electron chi connectivity index (χ0n) is 11.3. The molecule has 0 aliphatic rings. The van der Waals surface area contributed by atoms with Gasteiger partial charge in [0.15, 0.2) is 0 Å². The Morgan fingerprint density at radius 3 is 2.58 bits per heavy atom. The number of phenolic OH excluding ortho intramolecular Hbond substituents is 1. The van der Waals surface area contributed by atoms with Crippen molar-refractivity contribution in [3.63, 3.8) is 0 Å². The molecule has 0 aliphatic carbocycles. The quantitative estimate of drug-likeness (QED) is 0.675. The van der Waals surface area contributed by atoms with Crippen molar-refractivity contribution in [2.45, 2.75) is 33.2 Å². The van der Waals surface area contributed by atoms with Crippen LogP contribution in [0.2, 0.25) is 10.0 Å². The molecule has 0 spiro atoms. The van der Waals surface area contributed by atoms with E-state index in [9.17, 15) is 5.11 Å². The van der Waals surface area contributed by atoms with Gasteiger partial charge in [-0.3, -0.25) is 0 Å². The predicted octanol–water partition coefficient (Wildman–Crippen LogP) is 3.59. The van der Waals surface area contributed by atoms with Crippen LogP contribution in [0.1, 0.15) is 32.3 Å². The van der Waals surface area contributed by atoms with Crippen LogP contribution in [-0.4, -0.2) is 23.4 Å². The van der Waals surface area contributed by atoms with Gasteiger partial charge in [0, 0.05) is 23.7 Å². The Balaban J connectivity index is 2.38. The van der Waals surface area contributed by atoms with E-state index in [1.165, 1.54) is 6.07 Å². The lowest BCUT2D eigenvalue weighted by Gasteiger charge is -2.21. The number of nitrogens with one attached hydrogen (secondary N) is 1. The van der Waals surface area contributed by atoms with Crippen molar-refractivity contribution in [2.75, 3.05) is 13.2 Å². The highest BCUT2D eigenvalue weighted by Gasteiger charge is 2.15. The molecule has 0 bridgehead atoms. The summed E-state index contributed by atoms with van der Waals surface area (Å²) in [6.07, 6.45) is 1.90. The molecule has 0 heterocycles. The highest BCUT2D eigenvalue weighted by molar-refractivity contribution is 6.35. The van der Waals surface area contributed by atoms with Gasteiger partial charge in [-0.05, 0) is 36.9 Å². The zero-order chi connectivity index (χ0) is 14.5. The normalized spacial score (nSPS) is 11.8. The fourth-order valence-electron chi connectivity index (χ4n) is 1.75. The van der Waals surface area contributed by atoms with Crippen LogP contribution in [0.3, 0.4) is 0 Å². The summed E-state index contributed by atoms with van der Waals surface area (Å²) in [7, 11) is 0. The molecule has 19 heavy (non-hydrogen) atoms. The van der Waals surface area contributed by atoms with Crippen molar-refractivity contribution < 1.29 is 10.2 Å². The third-order valence-electron chi connectivity index (χ3n) is 3.06. The van der Waals surface area contributed by atoms with Gasteiger partial charge in [0.05, 0.1) is 5.02 Å². The Morgan fingerprint density at radius 1 is 1.26 bits per heavy atom. The predicted molar refractivity (Wildman–Crippen MR) is 79.9 cm³/mol. The molecular weight excluding hydrogens is 285 g/mol. The average molecular weight is 306 g/mol. The van der Waals surface area contributed by atoms with E-state index in [1.807, 2.05) is 13.8 Å². The molecule has 0 aromatic heterocycles. The minimum absolute atomic E-state index is 0.0385. The standard InChI is InChI=1S/C14H21Cl2NO2/c1-14(2,9-18)4-3-5-17-8-10-6-11(15)7-12(16)13(10)19/h6-7,17-19H,3-5,8-9H2,1-2H3. The molecule has 5 heteroatoms. The van der Waals surface area contributed by atoms with Gasteiger partial charge in [0.2, 0.25) is 0 Å². The number of benzene rings is 1. The van der Waals surface area contributed by atoms with Crippen molar-refractivity contribution in [1.82, 2.24) is 5.32 Å². The molecule has 0 atom stereocenters. The lowest BCUT2D eigenvalue weighted by atomic mass is 9.89. The van der Waals surface area contributed by atoms with Crippen molar-refractivity contribution in [1.29, 1.82) is 0 Å². The van der Waals surface area contributed by atoms with Crippen LogP contribution >= 0.6 is 23.2 Å². The van der Waals surface area contributed by atoms with Gasteiger partial charge in [-0.1, -0.05) is 37.0 Å². The zero-order valence-corrected chi connectivity index (χ0v) is 12.9. The fraction of sp³-hybridized carbons (Fsp3) is 0.571. The molecule has 0 radical (unpaired) electrons. The van der Waals surface area contributed by atoms with Gasteiger partial charge in [0.25, 0.3) is 0 Å². The summed E-state index contributed by atoms with van der Waals surface area (Å²) in [4.78, 5) is 0. The smallest absolute Gasteiger partial charge is 0.138 e. The van der Waals surface area contributed by atoms with E-state index in [0.717, 1.165) is 19.4 Å². The van der Waals surface area contributed by atoms with Crippen molar-refractivity contribution in [3.8, 4) is 5.75 Å². The van der Waals surface area contributed by atoms with Gasteiger partial charge >= 0.3 is 0 Å². The number of rotatable bonds is 7. The first kappa shape index (κ1) is 16.6. The van der Waals surface area contributed by atoms with Crippen LogP contribution in [0.5, 0.6) is 5.75 Å². The Hall–Kier alpha value is -0.480. The Labute approximate surface area is 124 Å². The molecule has 0 unspecified atom stereocenters. The van der Waals surface area contributed by atoms with Gasteiger partial charge in [-0.25, -0.2) is 0 Å². The maximum atomic E-state index is 9.78. The first-order valence-corrected chi connectivity index (χ1v) is 7.10. The summed E-state index contributed by atoms with van der Waals surface area (Å²) in [5.74, 6) is 0.0780. The Bertz CT molecular complexity index is 422. The SMILES string of the molecule is CC(C)(CO)CCCNCc1cc(Cl)cc(Cl)c1O. The average Bonchev–Trinajstić information content (AvgIpc) is 2.34. The molecule has 0 fully saturated rings. The molecule has 1 aromatic rings. The molecular formula is C14H21Cl2NO2. The number of phenols is 1. The fourth-order valence-corrected chi connectivity index (χ4v) is 2.28. The number of hydrogen-bond acceptors (Lipinski definition) is 3. The third-order valence-corrected chi connectivity index (χ3v) is 3.56. The van der Waals surface area contributed by atoms with Gasteiger partial charge < -0.3 is 15.5 Å². The summed E-state index contributed by atoms with van der Waals surface area (Å²) in [5.41, 5.74) is 0.655. The number of aliphatic hydroxyl groups is 1. The summed E-state index contributed by atoms with van der Waals surface area (Å²) in [6.45, 7) is 5.60. The molecule has 108 valence electrons. The van der Waals surface area contributed by atoms with Crippen LogP contribution in [0.25, 0.3) is 0 Å². The van der Waals surface area contributed by atoms with E-state index in [1.54, 1.807) is 6.07 Å². The molecule has 0 saturated heterocycles. The third kappa shape index (κ3) is 5.57. The van der Waals surface area contributed by atoms with E-state index < -0.39 is 0 Å². The van der Waals surface area contributed by atoms with Gasteiger partial charge in [-0.15, -0.1) is 0 Å². The molecule has 0 amide bonds. The molecule has 0 saturated carbocycles. The number of hydrogen-bond donors (Lipinski definition) is 3. The highest BCUT2D eigenvalue weighted by Crippen LogP contribution is 2.31. The second-order valence-electron chi connectivity index (χ2n) is 5.50. The van der Waals surface area contributed by atoms with Crippen molar-refractivity contribution >= 4 is 23.2 Å². The molecule has 0 aliphatic heterocycles. The van der Waals surface area contributed by atoms with E-state index >= 15 is 0 Å². The van der Waals surface area contributed by atoms with E-state index in [0.29, 0.717) is 17.1 Å². The maximum Gasteiger partial charge on any atom is 0.138 e. The second kappa shape index (κ2) is 7.34. The molecule has 1 aromatic carbocycles. The molecule has 1 rings (SSSR count). The highest BCUT2D eigenvalue weighted by atomic mass is 35.5. The summed E-state index contributed by atoms with van der Waals surface area (Å²) in [6, 6.07) is 3.22. The van der Waals surface area contributed by atoms with E-state index in [-0.39, 0.29) is 22.8 Å². The minimum atomic E-state index is -0.0385. The van der Waals surface area contributed by atoms with Crippen molar-refractivity contribution in [3.05, 3.63) is 27.7 Å². The van der Waals surface area contributed by atoms with E-state index in [4.69, 9.17) is 28.3 Å². The Kier molecular flexibility index (Phi) is 6.40. The molecule has 3 N–H and O–H groups in total. The summed E-state index contributed by atoms with van der Waals surface area (Å²) >= 11 is 11.7. The van der Waals surface area contributed by atoms with Crippen LogP contribution in [0, 0.1) is 5.41 Å².